The average Bonchev–Trinajstić information content (AvgIpc) is 3.18. The number of nitrogens with one attached hydrogen (secondary N) is 1. The van der Waals surface area contributed by atoms with Crippen LogP contribution in [0.15, 0.2) is 35.6 Å². The van der Waals surface area contributed by atoms with Crippen molar-refractivity contribution >= 4 is 27.2 Å². The van der Waals surface area contributed by atoms with E-state index in [2.05, 4.69) is 10.3 Å². The SMILES string of the molecule is CCNC(=S)N(CCOC)Cc1cnc(S(=O)(=O)Cc2cccc(OC)c2)n1CCOC. The van der Waals surface area contributed by atoms with Crippen LogP contribution in [-0.4, -0.2) is 75.6 Å². The highest BCUT2D eigenvalue weighted by atomic mass is 32.2. The molecule has 0 saturated heterocycles. The molecule has 0 fully saturated rings. The van der Waals surface area contributed by atoms with E-state index in [9.17, 15) is 8.42 Å². The summed E-state index contributed by atoms with van der Waals surface area (Å²) >= 11 is 5.48. The van der Waals surface area contributed by atoms with E-state index >= 15 is 0 Å². The summed E-state index contributed by atoms with van der Waals surface area (Å²) in [6.45, 7) is 4.78. The number of aromatic nitrogens is 2. The van der Waals surface area contributed by atoms with Crippen LogP contribution < -0.4 is 10.1 Å². The average molecular weight is 485 g/mol. The molecule has 0 atom stereocenters. The summed E-state index contributed by atoms with van der Waals surface area (Å²) in [7, 11) is 1.03. The van der Waals surface area contributed by atoms with Gasteiger partial charge in [0.25, 0.3) is 0 Å². The smallest absolute Gasteiger partial charge is 0.228 e. The molecule has 0 aliphatic rings. The molecule has 2 aromatic rings. The standard InChI is InChI=1S/C21H32N4O5S2/c1-5-22-20(31)24(9-11-28-2)15-18-14-23-21(25(18)10-12-29-3)32(26,27)16-17-7-6-8-19(13-17)30-4/h6-8,13-14H,5,9-12,15-16H2,1-4H3,(H,22,31). The topological polar surface area (TPSA) is 94.9 Å². The van der Waals surface area contributed by atoms with Crippen molar-refractivity contribution in [2.45, 2.75) is 30.9 Å². The lowest BCUT2D eigenvalue weighted by Crippen LogP contribution is -2.41. The second kappa shape index (κ2) is 12.7. The summed E-state index contributed by atoms with van der Waals surface area (Å²) in [5, 5.41) is 3.72. The summed E-state index contributed by atoms with van der Waals surface area (Å²) in [5.74, 6) is 0.420. The number of nitrogens with zero attached hydrogens (tertiary/aromatic N) is 3. The summed E-state index contributed by atoms with van der Waals surface area (Å²) in [6.07, 6.45) is 1.59. The molecular weight excluding hydrogens is 452 g/mol. The van der Waals surface area contributed by atoms with Gasteiger partial charge in [-0.2, -0.15) is 0 Å². The molecule has 0 aliphatic carbocycles. The van der Waals surface area contributed by atoms with Gasteiger partial charge in [0.2, 0.25) is 15.0 Å². The Kier molecular flexibility index (Phi) is 10.4. The molecule has 2 rings (SSSR count). The van der Waals surface area contributed by atoms with Gasteiger partial charge in [-0.05, 0) is 36.8 Å². The molecule has 0 radical (unpaired) electrons. The van der Waals surface area contributed by atoms with Crippen molar-refractivity contribution in [1.29, 1.82) is 0 Å². The Morgan fingerprint density at radius 1 is 1.22 bits per heavy atom. The van der Waals surface area contributed by atoms with E-state index in [1.807, 2.05) is 11.8 Å². The number of benzene rings is 1. The molecule has 1 aromatic heterocycles. The molecule has 0 aliphatic heterocycles. The first-order valence-corrected chi connectivity index (χ1v) is 12.3. The number of thiocarbonyl (C=S) groups is 1. The van der Waals surface area contributed by atoms with Crippen molar-refractivity contribution < 1.29 is 22.6 Å². The Morgan fingerprint density at radius 3 is 2.62 bits per heavy atom. The van der Waals surface area contributed by atoms with Gasteiger partial charge in [-0.1, -0.05) is 12.1 Å². The molecule has 11 heteroatoms. The number of methoxy groups -OCH3 is 3. The minimum Gasteiger partial charge on any atom is -0.497 e. The van der Waals surface area contributed by atoms with Crippen LogP contribution >= 0.6 is 12.2 Å². The van der Waals surface area contributed by atoms with Crippen LogP contribution in [0, 0.1) is 0 Å². The normalized spacial score (nSPS) is 11.4. The predicted octanol–water partition coefficient (Wildman–Crippen LogP) is 1.85. The van der Waals surface area contributed by atoms with Crippen LogP contribution in [0.5, 0.6) is 5.75 Å². The molecule has 178 valence electrons. The van der Waals surface area contributed by atoms with E-state index in [0.29, 0.717) is 55.8 Å². The Balaban J connectivity index is 2.35. The number of hydrogen-bond acceptors (Lipinski definition) is 7. The van der Waals surface area contributed by atoms with Crippen molar-refractivity contribution in [2.24, 2.45) is 0 Å². The zero-order chi connectivity index (χ0) is 23.6. The van der Waals surface area contributed by atoms with Gasteiger partial charge in [0.1, 0.15) is 5.75 Å². The summed E-state index contributed by atoms with van der Waals surface area (Å²) in [4.78, 5) is 6.22. The van der Waals surface area contributed by atoms with E-state index < -0.39 is 9.84 Å². The molecule has 9 nitrogen and oxygen atoms in total. The minimum atomic E-state index is -3.71. The lowest BCUT2D eigenvalue weighted by atomic mass is 10.2. The van der Waals surface area contributed by atoms with Crippen LogP contribution in [0.1, 0.15) is 18.2 Å². The van der Waals surface area contributed by atoms with E-state index in [1.165, 1.54) is 0 Å². The maximum Gasteiger partial charge on any atom is 0.228 e. The highest BCUT2D eigenvalue weighted by Gasteiger charge is 2.25. The molecule has 1 aromatic carbocycles. The molecule has 0 spiro atoms. The number of hydrogen-bond donors (Lipinski definition) is 1. The largest absolute Gasteiger partial charge is 0.497 e. The zero-order valence-corrected chi connectivity index (χ0v) is 20.7. The molecule has 0 saturated carbocycles. The number of ether oxygens (including phenoxy) is 3. The fraction of sp³-hybridized carbons (Fsp3) is 0.524. The van der Waals surface area contributed by atoms with Gasteiger partial charge in [0.05, 0.1) is 44.5 Å². The van der Waals surface area contributed by atoms with Gasteiger partial charge >= 0.3 is 0 Å². The lowest BCUT2D eigenvalue weighted by molar-refractivity contribution is 0.170. The molecule has 0 bridgehead atoms. The van der Waals surface area contributed by atoms with E-state index in [-0.39, 0.29) is 10.9 Å². The van der Waals surface area contributed by atoms with Gasteiger partial charge in [-0.15, -0.1) is 0 Å². The van der Waals surface area contributed by atoms with Crippen molar-refractivity contribution in [3.63, 3.8) is 0 Å². The van der Waals surface area contributed by atoms with Gasteiger partial charge in [0.15, 0.2) is 5.11 Å². The molecule has 1 heterocycles. The fourth-order valence-electron chi connectivity index (χ4n) is 3.15. The quantitative estimate of drug-likeness (QED) is 0.427. The highest BCUT2D eigenvalue weighted by Crippen LogP contribution is 2.21. The van der Waals surface area contributed by atoms with E-state index in [4.69, 9.17) is 26.4 Å². The van der Waals surface area contributed by atoms with Crippen molar-refractivity contribution in [2.75, 3.05) is 47.6 Å². The summed E-state index contributed by atoms with van der Waals surface area (Å²) in [6, 6.07) is 7.00. The molecule has 32 heavy (non-hydrogen) atoms. The van der Waals surface area contributed by atoms with Gasteiger partial charge in [0, 0.05) is 33.9 Å². The van der Waals surface area contributed by atoms with E-state index in [1.54, 1.807) is 56.4 Å². The number of rotatable bonds is 13. The third-order valence-electron chi connectivity index (χ3n) is 4.72. The number of imidazole rings is 1. The van der Waals surface area contributed by atoms with Crippen LogP contribution in [0.2, 0.25) is 0 Å². The Hall–Kier alpha value is -2.21. The van der Waals surface area contributed by atoms with Gasteiger partial charge in [-0.3, -0.25) is 0 Å². The third kappa shape index (κ3) is 7.16. The minimum absolute atomic E-state index is 0.00781. The second-order valence-electron chi connectivity index (χ2n) is 7.04. The molecule has 0 unspecified atom stereocenters. The molecule has 0 amide bonds. The maximum absolute atomic E-state index is 13.3. The van der Waals surface area contributed by atoms with Crippen LogP contribution in [0.3, 0.4) is 0 Å². The Morgan fingerprint density at radius 2 is 1.97 bits per heavy atom. The second-order valence-corrected chi connectivity index (χ2v) is 9.31. The van der Waals surface area contributed by atoms with Crippen molar-refractivity contribution in [1.82, 2.24) is 19.8 Å². The predicted molar refractivity (Wildman–Crippen MR) is 127 cm³/mol. The highest BCUT2D eigenvalue weighted by molar-refractivity contribution is 7.90. The Bertz CT molecular complexity index is 978. The lowest BCUT2D eigenvalue weighted by Gasteiger charge is -2.26. The van der Waals surface area contributed by atoms with Crippen LogP contribution in [-0.2, 0) is 38.2 Å². The number of sulfone groups is 1. The van der Waals surface area contributed by atoms with Gasteiger partial charge < -0.3 is 29.0 Å². The van der Waals surface area contributed by atoms with Crippen molar-refractivity contribution in [3.8, 4) is 5.75 Å². The van der Waals surface area contributed by atoms with Crippen LogP contribution in [0.4, 0.5) is 0 Å². The Labute approximate surface area is 195 Å². The molecular formula is C21H32N4O5S2. The molecule has 1 N–H and O–H groups in total. The zero-order valence-electron chi connectivity index (χ0n) is 19.0. The third-order valence-corrected chi connectivity index (χ3v) is 6.72. The first-order valence-electron chi connectivity index (χ1n) is 10.3. The van der Waals surface area contributed by atoms with E-state index in [0.717, 1.165) is 5.69 Å². The summed E-state index contributed by atoms with van der Waals surface area (Å²) < 4.78 is 43.8. The maximum atomic E-state index is 13.3. The first-order chi connectivity index (χ1) is 15.4. The van der Waals surface area contributed by atoms with Crippen LogP contribution in [0.25, 0.3) is 0 Å². The van der Waals surface area contributed by atoms with Gasteiger partial charge in [-0.25, -0.2) is 13.4 Å². The monoisotopic (exact) mass is 484 g/mol. The first kappa shape index (κ1) is 26.0. The fourth-order valence-corrected chi connectivity index (χ4v) is 4.95. The van der Waals surface area contributed by atoms with Crippen molar-refractivity contribution in [3.05, 3.63) is 41.7 Å². The summed E-state index contributed by atoms with van der Waals surface area (Å²) in [5.41, 5.74) is 1.35.